The van der Waals surface area contributed by atoms with E-state index in [0.717, 1.165) is 70.6 Å². The summed E-state index contributed by atoms with van der Waals surface area (Å²) in [5.41, 5.74) is 0. The molecule has 0 bridgehead atoms. The molecular formula is C50H85NO5. The molecular weight excluding hydrogens is 695 g/mol. The van der Waals surface area contributed by atoms with E-state index in [1.54, 1.807) is 0 Å². The van der Waals surface area contributed by atoms with Gasteiger partial charge in [0, 0.05) is 6.42 Å². The van der Waals surface area contributed by atoms with Gasteiger partial charge < -0.3 is 20.3 Å². The van der Waals surface area contributed by atoms with Gasteiger partial charge in [0.05, 0.1) is 25.2 Å². The number of rotatable bonds is 39. The fourth-order valence-electron chi connectivity index (χ4n) is 6.44. The van der Waals surface area contributed by atoms with Gasteiger partial charge in [-0.2, -0.15) is 0 Å². The van der Waals surface area contributed by atoms with Crippen molar-refractivity contribution in [1.82, 2.24) is 5.32 Å². The van der Waals surface area contributed by atoms with Crippen LogP contribution in [0.4, 0.5) is 0 Å². The second-order valence-electron chi connectivity index (χ2n) is 15.2. The molecule has 3 atom stereocenters. The van der Waals surface area contributed by atoms with Gasteiger partial charge in [0.1, 0.15) is 6.10 Å². The predicted octanol–water partition coefficient (Wildman–Crippen LogP) is 13.2. The molecule has 6 nitrogen and oxygen atoms in total. The standard InChI is InChI=1S/C50H85NO5/c1-4-7-10-13-16-19-22-23-24-25-28-31-34-37-40-43-50(55)56-46(41-38-35-32-29-26-20-17-14-11-8-5-2)44-49(54)51-47(45-52)48(53)42-39-36-33-30-27-21-18-15-12-9-6-3/h7-8,10-11,13-14,16-17,19-20,22,26,29,32,46-48,52-53H,4-6,9,12,15,18,21,23-25,27-28,30-31,33-45H2,1-3H3,(H,51,54)/b10-7+,11-8+,16-13+,17-14+,22-19+,26-20-,32-29-. The van der Waals surface area contributed by atoms with Crippen molar-refractivity contribution in [2.45, 2.75) is 212 Å². The number of carbonyl (C=O) groups excluding carboxylic acids is 2. The summed E-state index contributed by atoms with van der Waals surface area (Å²) in [6.07, 6.45) is 55.0. The topological polar surface area (TPSA) is 95.9 Å². The summed E-state index contributed by atoms with van der Waals surface area (Å²) < 4.78 is 5.86. The van der Waals surface area contributed by atoms with E-state index in [0.29, 0.717) is 19.3 Å². The normalized spacial score (nSPS) is 14.2. The van der Waals surface area contributed by atoms with Crippen LogP contribution in [0.2, 0.25) is 0 Å². The highest BCUT2D eigenvalue weighted by Crippen LogP contribution is 2.16. The van der Waals surface area contributed by atoms with E-state index in [1.165, 1.54) is 77.0 Å². The van der Waals surface area contributed by atoms with E-state index < -0.39 is 18.2 Å². The van der Waals surface area contributed by atoms with Crippen LogP contribution in [-0.4, -0.2) is 46.9 Å². The van der Waals surface area contributed by atoms with Crippen molar-refractivity contribution in [2.75, 3.05) is 6.61 Å². The van der Waals surface area contributed by atoms with Gasteiger partial charge in [-0.1, -0.05) is 209 Å². The number of aliphatic hydroxyl groups is 2. The Morgan fingerprint density at radius 1 is 0.536 bits per heavy atom. The number of amides is 1. The van der Waals surface area contributed by atoms with Crippen molar-refractivity contribution in [1.29, 1.82) is 0 Å². The van der Waals surface area contributed by atoms with Crippen LogP contribution < -0.4 is 5.32 Å². The van der Waals surface area contributed by atoms with Gasteiger partial charge in [-0.3, -0.25) is 9.59 Å². The maximum atomic E-state index is 13.1. The van der Waals surface area contributed by atoms with Crippen LogP contribution >= 0.6 is 0 Å². The van der Waals surface area contributed by atoms with Gasteiger partial charge in [-0.25, -0.2) is 0 Å². The van der Waals surface area contributed by atoms with E-state index in [-0.39, 0.29) is 24.9 Å². The fourth-order valence-corrected chi connectivity index (χ4v) is 6.44. The average molecular weight is 780 g/mol. The molecule has 0 heterocycles. The first-order chi connectivity index (χ1) is 27.5. The number of hydrogen-bond acceptors (Lipinski definition) is 5. The van der Waals surface area contributed by atoms with Crippen LogP contribution in [0.5, 0.6) is 0 Å². The van der Waals surface area contributed by atoms with E-state index in [9.17, 15) is 19.8 Å². The van der Waals surface area contributed by atoms with E-state index in [2.05, 4.69) is 74.7 Å². The highest BCUT2D eigenvalue weighted by molar-refractivity contribution is 5.77. The van der Waals surface area contributed by atoms with E-state index in [4.69, 9.17) is 4.74 Å². The third kappa shape index (κ3) is 37.9. The fraction of sp³-hybridized carbons (Fsp3) is 0.680. The Labute approximate surface area is 344 Å². The van der Waals surface area contributed by atoms with Crippen LogP contribution in [0.15, 0.2) is 85.1 Å². The van der Waals surface area contributed by atoms with Crippen molar-refractivity contribution in [3.63, 3.8) is 0 Å². The lowest BCUT2D eigenvalue weighted by atomic mass is 10.0. The summed E-state index contributed by atoms with van der Waals surface area (Å²) in [6.45, 7) is 6.16. The van der Waals surface area contributed by atoms with Crippen molar-refractivity contribution in [3.8, 4) is 0 Å². The van der Waals surface area contributed by atoms with Crippen LogP contribution in [0, 0.1) is 0 Å². The number of unbranched alkanes of at least 4 members (excludes halogenated alkanes) is 18. The van der Waals surface area contributed by atoms with Crippen molar-refractivity contribution >= 4 is 11.9 Å². The van der Waals surface area contributed by atoms with Crippen molar-refractivity contribution in [3.05, 3.63) is 85.1 Å². The van der Waals surface area contributed by atoms with E-state index in [1.807, 2.05) is 36.5 Å². The third-order valence-corrected chi connectivity index (χ3v) is 9.88. The molecule has 0 fully saturated rings. The smallest absolute Gasteiger partial charge is 0.306 e. The maximum Gasteiger partial charge on any atom is 0.306 e. The zero-order chi connectivity index (χ0) is 41.0. The molecule has 0 rings (SSSR count). The molecule has 0 aliphatic rings. The van der Waals surface area contributed by atoms with Crippen LogP contribution in [0.1, 0.15) is 194 Å². The summed E-state index contributed by atoms with van der Waals surface area (Å²) in [7, 11) is 0. The lowest BCUT2D eigenvalue weighted by Gasteiger charge is -2.24. The molecule has 0 aromatic heterocycles. The SMILES string of the molecule is CC/C=C/C=C/C=C\C=C/CCCC(CC(=O)NC(CO)C(O)CCCCCCCCCCCCC)OC(=O)CCCCCCCCC/C=C/C=C/C=C/CC. The number of ether oxygens (including phenoxy) is 1. The van der Waals surface area contributed by atoms with Gasteiger partial charge in [0.25, 0.3) is 0 Å². The zero-order valence-corrected chi connectivity index (χ0v) is 36.2. The monoisotopic (exact) mass is 780 g/mol. The summed E-state index contributed by atoms with van der Waals surface area (Å²) in [5, 5.41) is 23.6. The van der Waals surface area contributed by atoms with Gasteiger partial charge in [0.2, 0.25) is 5.91 Å². The predicted molar refractivity (Wildman–Crippen MR) is 241 cm³/mol. The average Bonchev–Trinajstić information content (AvgIpc) is 3.19. The number of carbonyl (C=O) groups is 2. The molecule has 0 radical (unpaired) electrons. The molecule has 56 heavy (non-hydrogen) atoms. The lowest BCUT2D eigenvalue weighted by molar-refractivity contribution is -0.151. The Hall–Kier alpha value is -2.96. The van der Waals surface area contributed by atoms with Gasteiger partial charge in [-0.05, 0) is 57.8 Å². The Kier molecular flexibility index (Phi) is 40.9. The Morgan fingerprint density at radius 2 is 0.982 bits per heavy atom. The number of allylic oxidation sites excluding steroid dienone is 14. The van der Waals surface area contributed by atoms with Gasteiger partial charge >= 0.3 is 5.97 Å². The first-order valence-electron chi connectivity index (χ1n) is 22.9. The minimum absolute atomic E-state index is 0.0223. The zero-order valence-electron chi connectivity index (χ0n) is 36.2. The summed E-state index contributed by atoms with van der Waals surface area (Å²) in [6, 6.07) is -0.727. The molecule has 0 saturated carbocycles. The second kappa shape index (κ2) is 43.2. The highest BCUT2D eigenvalue weighted by atomic mass is 16.5. The molecule has 1 amide bonds. The first kappa shape index (κ1) is 53.0. The number of aliphatic hydroxyl groups excluding tert-OH is 2. The van der Waals surface area contributed by atoms with E-state index >= 15 is 0 Å². The Balaban J connectivity index is 4.68. The van der Waals surface area contributed by atoms with Crippen LogP contribution in [0.3, 0.4) is 0 Å². The molecule has 3 N–H and O–H groups in total. The molecule has 320 valence electrons. The van der Waals surface area contributed by atoms with Crippen LogP contribution in [-0.2, 0) is 14.3 Å². The minimum Gasteiger partial charge on any atom is -0.462 e. The molecule has 6 heteroatoms. The molecule has 0 spiro atoms. The van der Waals surface area contributed by atoms with Crippen molar-refractivity contribution < 1.29 is 24.5 Å². The first-order valence-corrected chi connectivity index (χ1v) is 22.9. The molecule has 0 aromatic rings. The molecule has 0 saturated heterocycles. The van der Waals surface area contributed by atoms with Gasteiger partial charge in [0.15, 0.2) is 0 Å². The Bertz CT molecular complexity index is 1100. The second-order valence-corrected chi connectivity index (χ2v) is 15.2. The number of esters is 1. The molecule has 0 aliphatic carbocycles. The summed E-state index contributed by atoms with van der Waals surface area (Å²) in [4.78, 5) is 26.0. The molecule has 3 unspecified atom stereocenters. The quantitative estimate of drug-likeness (QED) is 0.0328. The Morgan fingerprint density at radius 3 is 1.50 bits per heavy atom. The summed E-state index contributed by atoms with van der Waals surface area (Å²) >= 11 is 0. The van der Waals surface area contributed by atoms with Crippen LogP contribution in [0.25, 0.3) is 0 Å². The third-order valence-electron chi connectivity index (χ3n) is 9.88. The van der Waals surface area contributed by atoms with Gasteiger partial charge in [-0.15, -0.1) is 0 Å². The number of nitrogens with one attached hydrogen (secondary N) is 1. The highest BCUT2D eigenvalue weighted by Gasteiger charge is 2.24. The molecule has 0 aromatic carbocycles. The minimum atomic E-state index is -0.809. The lowest BCUT2D eigenvalue weighted by Crippen LogP contribution is -2.46. The number of hydrogen-bond donors (Lipinski definition) is 3. The summed E-state index contributed by atoms with van der Waals surface area (Å²) in [5.74, 6) is -0.565. The molecule has 0 aliphatic heterocycles. The largest absolute Gasteiger partial charge is 0.462 e. The maximum absolute atomic E-state index is 13.1. The van der Waals surface area contributed by atoms with Crippen molar-refractivity contribution in [2.24, 2.45) is 0 Å².